The molecule has 0 spiro atoms. The van der Waals surface area contributed by atoms with Crippen molar-refractivity contribution in [3.63, 3.8) is 0 Å². The number of ether oxygens (including phenoxy) is 2. The summed E-state index contributed by atoms with van der Waals surface area (Å²) in [5.74, 6) is 0. The smallest absolute Gasteiger partial charge is 0.465 e. The molecule has 0 bridgehead atoms. The SMILES string of the molecule is O=C(OCc1ccccc1)OC(=O)N(Cc1ccccc1)C(=O)O. The second kappa shape index (κ2) is 8.33. The fraction of sp³-hybridized carbons (Fsp3) is 0.118. The molecule has 124 valence electrons. The lowest BCUT2D eigenvalue weighted by molar-refractivity contribution is 0.0549. The van der Waals surface area contributed by atoms with E-state index in [-0.39, 0.29) is 13.2 Å². The highest BCUT2D eigenvalue weighted by atomic mass is 16.7. The van der Waals surface area contributed by atoms with Gasteiger partial charge in [-0.05, 0) is 11.1 Å². The molecule has 7 heteroatoms. The van der Waals surface area contributed by atoms with Crippen LogP contribution >= 0.6 is 0 Å². The maximum absolute atomic E-state index is 11.8. The molecule has 0 heterocycles. The molecule has 2 rings (SSSR count). The molecule has 0 fully saturated rings. The van der Waals surface area contributed by atoms with Gasteiger partial charge >= 0.3 is 18.3 Å². The van der Waals surface area contributed by atoms with E-state index >= 15 is 0 Å². The van der Waals surface area contributed by atoms with Gasteiger partial charge in [-0.25, -0.2) is 19.3 Å². The molecule has 1 N–H and O–H groups in total. The number of rotatable bonds is 4. The van der Waals surface area contributed by atoms with Gasteiger partial charge in [0.05, 0.1) is 6.54 Å². The first-order valence-electron chi connectivity index (χ1n) is 7.03. The summed E-state index contributed by atoms with van der Waals surface area (Å²) in [6.07, 6.45) is -4.10. The van der Waals surface area contributed by atoms with Crippen LogP contribution in [0.1, 0.15) is 11.1 Å². The molecule has 2 aromatic carbocycles. The highest BCUT2D eigenvalue weighted by Gasteiger charge is 2.25. The van der Waals surface area contributed by atoms with Crippen LogP contribution in [-0.2, 0) is 22.6 Å². The van der Waals surface area contributed by atoms with Crippen LogP contribution in [0.25, 0.3) is 0 Å². The maximum atomic E-state index is 11.8. The number of carbonyl (C=O) groups excluding carboxylic acids is 2. The van der Waals surface area contributed by atoms with Gasteiger partial charge in [0.15, 0.2) is 0 Å². The maximum Gasteiger partial charge on any atom is 0.517 e. The van der Waals surface area contributed by atoms with Gasteiger partial charge in [0.25, 0.3) is 0 Å². The van der Waals surface area contributed by atoms with Crippen LogP contribution in [0.5, 0.6) is 0 Å². The Hall–Kier alpha value is -3.35. The topological polar surface area (TPSA) is 93.1 Å². The van der Waals surface area contributed by atoms with Crippen molar-refractivity contribution in [1.82, 2.24) is 4.90 Å². The molecular weight excluding hydrogens is 314 g/mol. The lowest BCUT2D eigenvalue weighted by Gasteiger charge is -2.16. The summed E-state index contributed by atoms with van der Waals surface area (Å²) in [5, 5.41) is 9.10. The number of nitrogens with zero attached hydrogens (tertiary/aromatic N) is 1. The molecule has 2 aromatic rings. The van der Waals surface area contributed by atoms with Crippen molar-refractivity contribution < 1.29 is 29.0 Å². The molecule has 0 aliphatic rings. The van der Waals surface area contributed by atoms with Crippen LogP contribution in [0, 0.1) is 0 Å². The normalized spacial score (nSPS) is 9.83. The third kappa shape index (κ3) is 5.13. The number of carboxylic acid groups (broad SMARTS) is 1. The van der Waals surface area contributed by atoms with E-state index in [0.29, 0.717) is 16.0 Å². The summed E-state index contributed by atoms with van der Waals surface area (Å²) in [7, 11) is 0. The van der Waals surface area contributed by atoms with Crippen molar-refractivity contribution in [3.05, 3.63) is 71.8 Å². The van der Waals surface area contributed by atoms with E-state index in [1.165, 1.54) is 0 Å². The third-order valence-electron chi connectivity index (χ3n) is 3.00. The van der Waals surface area contributed by atoms with Gasteiger partial charge in [-0.3, -0.25) is 0 Å². The minimum atomic E-state index is -1.53. The fourth-order valence-electron chi connectivity index (χ4n) is 1.85. The monoisotopic (exact) mass is 329 g/mol. The van der Waals surface area contributed by atoms with Crippen molar-refractivity contribution in [1.29, 1.82) is 0 Å². The zero-order chi connectivity index (χ0) is 17.4. The third-order valence-corrected chi connectivity index (χ3v) is 3.00. The first-order valence-corrected chi connectivity index (χ1v) is 7.03. The van der Waals surface area contributed by atoms with E-state index in [9.17, 15) is 14.4 Å². The quantitative estimate of drug-likeness (QED) is 0.680. The summed E-state index contributed by atoms with van der Waals surface area (Å²) < 4.78 is 9.19. The van der Waals surface area contributed by atoms with Gasteiger partial charge < -0.3 is 14.6 Å². The highest BCUT2D eigenvalue weighted by molar-refractivity contribution is 5.91. The summed E-state index contributed by atoms with van der Waals surface area (Å²) in [4.78, 5) is 34.9. The van der Waals surface area contributed by atoms with Crippen LogP contribution in [0.15, 0.2) is 60.7 Å². The van der Waals surface area contributed by atoms with Crippen molar-refractivity contribution in [3.8, 4) is 0 Å². The lowest BCUT2D eigenvalue weighted by Crippen LogP contribution is -2.37. The van der Waals surface area contributed by atoms with E-state index in [1.54, 1.807) is 60.7 Å². The molecule has 24 heavy (non-hydrogen) atoms. The van der Waals surface area contributed by atoms with Crippen LogP contribution < -0.4 is 0 Å². The molecule has 0 aliphatic carbocycles. The number of hydrogen-bond acceptors (Lipinski definition) is 5. The Balaban J connectivity index is 1.90. The molecule has 0 aliphatic heterocycles. The molecule has 0 unspecified atom stereocenters. The number of hydrogen-bond donors (Lipinski definition) is 1. The zero-order valence-electron chi connectivity index (χ0n) is 12.6. The van der Waals surface area contributed by atoms with Gasteiger partial charge in [-0.1, -0.05) is 60.7 Å². The Kier molecular flexibility index (Phi) is 5.90. The molecule has 7 nitrogen and oxygen atoms in total. The van der Waals surface area contributed by atoms with Gasteiger partial charge in [-0.15, -0.1) is 0 Å². The van der Waals surface area contributed by atoms with Crippen LogP contribution in [0.4, 0.5) is 14.4 Å². The summed E-state index contributed by atoms with van der Waals surface area (Å²) in [6, 6.07) is 17.3. The van der Waals surface area contributed by atoms with Gasteiger partial charge in [0.1, 0.15) is 6.61 Å². The average Bonchev–Trinajstić information content (AvgIpc) is 2.59. The molecule has 0 atom stereocenters. The zero-order valence-corrected chi connectivity index (χ0v) is 12.6. The summed E-state index contributed by atoms with van der Waals surface area (Å²) in [5.41, 5.74) is 1.29. The Morgan fingerprint density at radius 1 is 0.875 bits per heavy atom. The standard InChI is InChI=1S/C17H15NO6/c19-15(20)18(11-13-7-3-1-4-8-13)16(21)24-17(22)23-12-14-9-5-2-6-10-14/h1-10H,11-12H2,(H,19,20). The van der Waals surface area contributed by atoms with E-state index in [4.69, 9.17) is 9.84 Å². The Morgan fingerprint density at radius 2 is 1.42 bits per heavy atom. The predicted molar refractivity (Wildman–Crippen MR) is 83.1 cm³/mol. The van der Waals surface area contributed by atoms with E-state index in [2.05, 4.69) is 4.74 Å². The molecule has 0 saturated heterocycles. The van der Waals surface area contributed by atoms with Gasteiger partial charge in [-0.2, -0.15) is 0 Å². The summed E-state index contributed by atoms with van der Waals surface area (Å²) >= 11 is 0. The fourth-order valence-corrected chi connectivity index (χ4v) is 1.85. The number of benzene rings is 2. The van der Waals surface area contributed by atoms with Gasteiger partial charge in [0.2, 0.25) is 0 Å². The Bertz CT molecular complexity index is 702. The number of imide groups is 1. The minimum Gasteiger partial charge on any atom is -0.465 e. The second-order valence-corrected chi connectivity index (χ2v) is 4.75. The van der Waals surface area contributed by atoms with E-state index in [1.807, 2.05) is 0 Å². The Morgan fingerprint density at radius 3 is 1.96 bits per heavy atom. The molecule has 0 aromatic heterocycles. The van der Waals surface area contributed by atoms with Crippen molar-refractivity contribution in [2.75, 3.05) is 0 Å². The molecule has 0 radical (unpaired) electrons. The van der Waals surface area contributed by atoms with E-state index < -0.39 is 18.3 Å². The predicted octanol–water partition coefficient (Wildman–Crippen LogP) is 3.64. The molecular formula is C17H15NO6. The number of amides is 2. The molecule has 0 saturated carbocycles. The summed E-state index contributed by atoms with van der Waals surface area (Å²) in [6.45, 7) is -0.320. The van der Waals surface area contributed by atoms with Gasteiger partial charge in [0, 0.05) is 0 Å². The Labute approximate surface area is 138 Å². The first-order chi connectivity index (χ1) is 11.6. The van der Waals surface area contributed by atoms with Crippen LogP contribution in [-0.4, -0.2) is 28.3 Å². The van der Waals surface area contributed by atoms with E-state index in [0.717, 1.165) is 0 Å². The lowest BCUT2D eigenvalue weighted by atomic mass is 10.2. The van der Waals surface area contributed by atoms with Crippen LogP contribution in [0.2, 0.25) is 0 Å². The second-order valence-electron chi connectivity index (χ2n) is 4.75. The molecule has 2 amide bonds. The first kappa shape index (κ1) is 17.0. The van der Waals surface area contributed by atoms with Crippen molar-refractivity contribution in [2.24, 2.45) is 0 Å². The minimum absolute atomic E-state index is 0.0846. The highest BCUT2D eigenvalue weighted by Crippen LogP contribution is 2.08. The van der Waals surface area contributed by atoms with Crippen molar-refractivity contribution in [2.45, 2.75) is 13.2 Å². The average molecular weight is 329 g/mol. The largest absolute Gasteiger partial charge is 0.517 e. The van der Waals surface area contributed by atoms with Crippen LogP contribution in [0.3, 0.4) is 0 Å². The number of carbonyl (C=O) groups is 3. The van der Waals surface area contributed by atoms with Crippen molar-refractivity contribution >= 4 is 18.3 Å².